The zero-order chi connectivity index (χ0) is 22.2. The van der Waals surface area contributed by atoms with E-state index in [0.29, 0.717) is 22.9 Å². The van der Waals surface area contributed by atoms with E-state index in [1.165, 1.54) is 30.5 Å². The highest BCUT2D eigenvalue weighted by atomic mass is 35.5. The minimum Gasteiger partial charge on any atom is -0.489 e. The monoisotopic (exact) mass is 459 g/mol. The minimum atomic E-state index is -0.966. The molecule has 0 unspecified atom stereocenters. The van der Waals surface area contributed by atoms with Gasteiger partial charge in [-0.1, -0.05) is 35.3 Å². The number of carbonyl (C=O) groups is 2. The molecule has 0 atom stereocenters. The molecule has 3 aromatic carbocycles. The summed E-state index contributed by atoms with van der Waals surface area (Å²) in [4.78, 5) is 23.8. The van der Waals surface area contributed by atoms with E-state index in [1.807, 2.05) is 0 Å². The number of ether oxygens (including phenoxy) is 1. The molecule has 6 nitrogen and oxygen atoms in total. The highest BCUT2D eigenvalue weighted by Gasteiger charge is 2.14. The summed E-state index contributed by atoms with van der Waals surface area (Å²) >= 11 is 11.8. The van der Waals surface area contributed by atoms with Gasteiger partial charge in [-0.2, -0.15) is 5.10 Å². The predicted octanol–water partition coefficient (Wildman–Crippen LogP) is 4.80. The fourth-order valence-corrected chi connectivity index (χ4v) is 2.72. The molecule has 0 radical (unpaired) electrons. The number of nitrogens with one attached hydrogen (secondary N) is 2. The van der Waals surface area contributed by atoms with Crippen LogP contribution in [-0.4, -0.2) is 18.0 Å². The van der Waals surface area contributed by atoms with E-state index in [9.17, 15) is 14.0 Å². The quantitative estimate of drug-likeness (QED) is 0.315. The molecule has 0 fully saturated rings. The van der Waals surface area contributed by atoms with Crippen LogP contribution in [0.15, 0.2) is 71.8 Å². The van der Waals surface area contributed by atoms with E-state index in [0.717, 1.165) is 5.56 Å². The molecule has 2 N–H and O–H groups in total. The van der Waals surface area contributed by atoms with E-state index >= 15 is 0 Å². The fraction of sp³-hybridized carbons (Fsp3) is 0.0455. The Kier molecular flexibility index (Phi) is 7.59. The Balaban J connectivity index is 1.48. The van der Waals surface area contributed by atoms with Gasteiger partial charge in [0.25, 0.3) is 0 Å². The van der Waals surface area contributed by atoms with Crippen LogP contribution < -0.4 is 15.5 Å². The van der Waals surface area contributed by atoms with Crippen LogP contribution in [0.5, 0.6) is 5.75 Å². The second-order valence-corrected chi connectivity index (χ2v) is 7.11. The first kappa shape index (κ1) is 22.3. The van der Waals surface area contributed by atoms with Crippen LogP contribution >= 0.6 is 23.2 Å². The average molecular weight is 460 g/mol. The molecule has 0 spiro atoms. The first-order chi connectivity index (χ1) is 14.9. The average Bonchev–Trinajstić information content (AvgIpc) is 2.76. The van der Waals surface area contributed by atoms with Crippen LogP contribution in [0.1, 0.15) is 11.1 Å². The van der Waals surface area contributed by atoms with Crippen molar-refractivity contribution in [3.8, 4) is 5.75 Å². The molecule has 0 aliphatic carbocycles. The lowest BCUT2D eigenvalue weighted by Crippen LogP contribution is -2.32. The number of hydrogen-bond donors (Lipinski definition) is 2. The number of halogens is 3. The number of anilines is 1. The molecule has 0 saturated carbocycles. The standard InChI is InChI=1S/C22H16Cl2FN3O3/c23-16-5-10-19(24)20(11-16)27-21(29)22(30)28-26-12-14-3-8-18(9-4-14)31-13-15-1-6-17(25)7-2-15/h1-12H,13H2,(H,27,29)(H,28,30)/b26-12+. The van der Waals surface area contributed by atoms with Crippen molar-refractivity contribution in [1.29, 1.82) is 0 Å². The van der Waals surface area contributed by atoms with Gasteiger partial charge in [-0.25, -0.2) is 9.82 Å². The molecular weight excluding hydrogens is 444 g/mol. The molecule has 3 aromatic rings. The molecule has 0 aliphatic heterocycles. The van der Waals surface area contributed by atoms with Crippen LogP contribution in [0, 0.1) is 5.82 Å². The highest BCUT2D eigenvalue weighted by Crippen LogP contribution is 2.25. The summed E-state index contributed by atoms with van der Waals surface area (Å²) < 4.78 is 18.5. The first-order valence-corrected chi connectivity index (χ1v) is 9.73. The van der Waals surface area contributed by atoms with Crippen molar-refractivity contribution >= 4 is 46.9 Å². The fourth-order valence-electron chi connectivity index (χ4n) is 2.39. The van der Waals surface area contributed by atoms with Crippen LogP contribution in [-0.2, 0) is 16.2 Å². The third-order valence-electron chi connectivity index (χ3n) is 3.96. The van der Waals surface area contributed by atoms with E-state index in [2.05, 4.69) is 15.8 Å². The van der Waals surface area contributed by atoms with Gasteiger partial charge in [0, 0.05) is 5.02 Å². The molecule has 2 amide bonds. The molecule has 0 aromatic heterocycles. The Morgan fingerprint density at radius 3 is 2.39 bits per heavy atom. The van der Waals surface area contributed by atoms with E-state index in [-0.39, 0.29) is 16.5 Å². The van der Waals surface area contributed by atoms with Crippen molar-refractivity contribution < 1.29 is 18.7 Å². The zero-order valence-corrected chi connectivity index (χ0v) is 17.5. The molecule has 31 heavy (non-hydrogen) atoms. The van der Waals surface area contributed by atoms with Crippen molar-refractivity contribution in [2.24, 2.45) is 5.10 Å². The normalized spacial score (nSPS) is 10.7. The van der Waals surface area contributed by atoms with Crippen LogP contribution in [0.2, 0.25) is 10.0 Å². The number of hydrogen-bond acceptors (Lipinski definition) is 4. The third kappa shape index (κ3) is 6.80. The number of rotatable bonds is 6. The van der Waals surface area contributed by atoms with Gasteiger partial charge >= 0.3 is 11.8 Å². The third-order valence-corrected chi connectivity index (χ3v) is 4.53. The molecule has 0 heterocycles. The lowest BCUT2D eigenvalue weighted by Gasteiger charge is -2.07. The zero-order valence-electron chi connectivity index (χ0n) is 15.9. The SMILES string of the molecule is O=C(N/N=C/c1ccc(OCc2ccc(F)cc2)cc1)C(=O)Nc1cc(Cl)ccc1Cl. The van der Waals surface area contributed by atoms with Gasteiger partial charge < -0.3 is 10.1 Å². The summed E-state index contributed by atoms with van der Waals surface area (Å²) in [5, 5.41) is 6.72. The van der Waals surface area contributed by atoms with Gasteiger partial charge in [-0.15, -0.1) is 0 Å². The summed E-state index contributed by atoms with van der Waals surface area (Å²) in [6.45, 7) is 0.301. The van der Waals surface area contributed by atoms with Crippen molar-refractivity contribution in [2.75, 3.05) is 5.32 Å². The number of hydrazone groups is 1. The Bertz CT molecular complexity index is 1100. The molecule has 0 aliphatic rings. The lowest BCUT2D eigenvalue weighted by molar-refractivity contribution is -0.136. The summed E-state index contributed by atoms with van der Waals surface area (Å²) in [5.74, 6) is -1.59. The van der Waals surface area contributed by atoms with Crippen LogP contribution in [0.25, 0.3) is 0 Å². The Labute approximate surface area is 187 Å². The molecule has 0 bridgehead atoms. The second-order valence-electron chi connectivity index (χ2n) is 6.26. The Morgan fingerprint density at radius 2 is 1.68 bits per heavy atom. The summed E-state index contributed by atoms with van der Waals surface area (Å²) in [6, 6.07) is 17.4. The Morgan fingerprint density at radius 1 is 0.968 bits per heavy atom. The number of carbonyl (C=O) groups excluding carboxylic acids is 2. The van der Waals surface area contributed by atoms with Gasteiger partial charge in [0.1, 0.15) is 18.2 Å². The summed E-state index contributed by atoms with van der Waals surface area (Å²) in [7, 11) is 0. The number of nitrogens with zero attached hydrogens (tertiary/aromatic N) is 1. The van der Waals surface area contributed by atoms with Crippen LogP contribution in [0.3, 0.4) is 0 Å². The van der Waals surface area contributed by atoms with Gasteiger partial charge in [0.05, 0.1) is 16.9 Å². The van der Waals surface area contributed by atoms with Crippen LogP contribution in [0.4, 0.5) is 10.1 Å². The minimum absolute atomic E-state index is 0.217. The van der Waals surface area contributed by atoms with Crippen molar-refractivity contribution in [3.05, 3.63) is 93.7 Å². The lowest BCUT2D eigenvalue weighted by atomic mass is 10.2. The van der Waals surface area contributed by atoms with Gasteiger partial charge in [-0.05, 0) is 65.7 Å². The van der Waals surface area contributed by atoms with Gasteiger partial charge in [-0.3, -0.25) is 9.59 Å². The van der Waals surface area contributed by atoms with E-state index < -0.39 is 11.8 Å². The largest absolute Gasteiger partial charge is 0.489 e. The maximum absolute atomic E-state index is 12.9. The maximum atomic E-state index is 12.9. The predicted molar refractivity (Wildman–Crippen MR) is 118 cm³/mol. The van der Waals surface area contributed by atoms with Crippen molar-refractivity contribution in [3.63, 3.8) is 0 Å². The highest BCUT2D eigenvalue weighted by molar-refractivity contribution is 6.42. The first-order valence-electron chi connectivity index (χ1n) is 8.97. The van der Waals surface area contributed by atoms with Gasteiger partial charge in [0.2, 0.25) is 0 Å². The molecular formula is C22H16Cl2FN3O3. The van der Waals surface area contributed by atoms with Crippen molar-refractivity contribution in [1.82, 2.24) is 5.43 Å². The number of amides is 2. The second kappa shape index (κ2) is 10.6. The topological polar surface area (TPSA) is 79.8 Å². The molecule has 158 valence electrons. The Hall–Kier alpha value is -3.42. The molecule has 9 heteroatoms. The number of benzene rings is 3. The van der Waals surface area contributed by atoms with Crippen molar-refractivity contribution in [2.45, 2.75) is 6.61 Å². The summed E-state index contributed by atoms with van der Waals surface area (Å²) in [6.07, 6.45) is 1.38. The van der Waals surface area contributed by atoms with Gasteiger partial charge in [0.15, 0.2) is 0 Å². The smallest absolute Gasteiger partial charge is 0.329 e. The summed E-state index contributed by atoms with van der Waals surface area (Å²) in [5.41, 5.74) is 3.86. The maximum Gasteiger partial charge on any atom is 0.329 e. The molecule has 3 rings (SSSR count). The molecule has 0 saturated heterocycles. The van der Waals surface area contributed by atoms with E-state index in [1.54, 1.807) is 42.5 Å². The van der Waals surface area contributed by atoms with E-state index in [4.69, 9.17) is 27.9 Å².